The van der Waals surface area contributed by atoms with Gasteiger partial charge in [-0.3, -0.25) is 14.5 Å². The third-order valence-corrected chi connectivity index (χ3v) is 5.84. The minimum Gasteiger partial charge on any atom is -0.495 e. The average molecular weight is 373 g/mol. The minimum absolute atomic E-state index is 0.0387. The van der Waals surface area contributed by atoms with Crippen LogP contribution < -0.4 is 10.1 Å². The Morgan fingerprint density at radius 3 is 2.44 bits per heavy atom. The van der Waals surface area contributed by atoms with Gasteiger partial charge in [0.05, 0.1) is 18.8 Å². The SMILES string of the molecule is COc1ccc(C)cc1NC(=O)C(C)N1CCC(C(=O)N2CCCC2)CC1. The molecule has 27 heavy (non-hydrogen) atoms. The number of methoxy groups -OCH3 is 1. The topological polar surface area (TPSA) is 61.9 Å². The lowest BCUT2D eigenvalue weighted by atomic mass is 9.94. The van der Waals surface area contributed by atoms with Gasteiger partial charge in [0.25, 0.3) is 0 Å². The van der Waals surface area contributed by atoms with E-state index in [1.807, 2.05) is 36.9 Å². The first kappa shape index (κ1) is 19.7. The molecule has 2 aliphatic heterocycles. The van der Waals surface area contributed by atoms with E-state index in [1.165, 1.54) is 0 Å². The van der Waals surface area contributed by atoms with Crippen LogP contribution in [0, 0.1) is 12.8 Å². The summed E-state index contributed by atoms with van der Waals surface area (Å²) in [5.41, 5.74) is 1.77. The Labute approximate surface area is 161 Å². The van der Waals surface area contributed by atoms with Crippen molar-refractivity contribution in [2.24, 2.45) is 5.92 Å². The van der Waals surface area contributed by atoms with Crippen LogP contribution in [0.15, 0.2) is 18.2 Å². The fourth-order valence-electron chi connectivity index (χ4n) is 4.05. The molecule has 2 amide bonds. The Morgan fingerprint density at radius 2 is 1.81 bits per heavy atom. The second kappa shape index (κ2) is 8.74. The third kappa shape index (κ3) is 4.61. The monoisotopic (exact) mass is 373 g/mol. The summed E-state index contributed by atoms with van der Waals surface area (Å²) < 4.78 is 5.35. The normalized spacial score (nSPS) is 19.7. The molecule has 1 unspecified atom stereocenters. The predicted molar refractivity (Wildman–Crippen MR) is 106 cm³/mol. The molecule has 0 radical (unpaired) electrons. The molecule has 2 heterocycles. The summed E-state index contributed by atoms with van der Waals surface area (Å²) in [6.07, 6.45) is 3.93. The van der Waals surface area contributed by atoms with Crippen LogP contribution in [-0.2, 0) is 9.59 Å². The number of benzene rings is 1. The fraction of sp³-hybridized carbons (Fsp3) is 0.619. The van der Waals surface area contributed by atoms with Crippen LogP contribution in [0.2, 0.25) is 0 Å². The summed E-state index contributed by atoms with van der Waals surface area (Å²) in [4.78, 5) is 29.5. The maximum Gasteiger partial charge on any atom is 0.241 e. The number of nitrogens with one attached hydrogen (secondary N) is 1. The van der Waals surface area contributed by atoms with Crippen LogP contribution in [0.1, 0.15) is 38.2 Å². The zero-order chi connectivity index (χ0) is 19.4. The zero-order valence-electron chi connectivity index (χ0n) is 16.7. The number of nitrogens with zero attached hydrogens (tertiary/aromatic N) is 2. The molecule has 6 heteroatoms. The summed E-state index contributed by atoms with van der Waals surface area (Å²) in [5.74, 6) is 1.06. The largest absolute Gasteiger partial charge is 0.495 e. The summed E-state index contributed by atoms with van der Waals surface area (Å²) in [6, 6.07) is 5.51. The van der Waals surface area contributed by atoms with Gasteiger partial charge in [0.1, 0.15) is 5.75 Å². The van der Waals surface area contributed by atoms with Gasteiger partial charge in [-0.2, -0.15) is 0 Å². The van der Waals surface area contributed by atoms with Gasteiger partial charge >= 0.3 is 0 Å². The van der Waals surface area contributed by atoms with Crippen LogP contribution in [0.4, 0.5) is 5.69 Å². The van der Waals surface area contributed by atoms with Crippen molar-refractivity contribution in [2.45, 2.75) is 45.6 Å². The molecule has 1 aromatic carbocycles. The van der Waals surface area contributed by atoms with Crippen molar-refractivity contribution in [1.82, 2.24) is 9.80 Å². The molecule has 0 saturated carbocycles. The van der Waals surface area contributed by atoms with Crippen molar-refractivity contribution in [2.75, 3.05) is 38.6 Å². The second-order valence-corrected chi connectivity index (χ2v) is 7.71. The first-order valence-electron chi connectivity index (χ1n) is 9.98. The van der Waals surface area contributed by atoms with E-state index in [2.05, 4.69) is 10.2 Å². The molecule has 0 bridgehead atoms. The number of hydrogen-bond acceptors (Lipinski definition) is 4. The number of hydrogen-bond donors (Lipinski definition) is 1. The molecule has 2 saturated heterocycles. The molecular formula is C21H31N3O3. The maximum atomic E-state index is 12.7. The molecule has 1 atom stereocenters. The Morgan fingerprint density at radius 1 is 1.15 bits per heavy atom. The van der Waals surface area contributed by atoms with E-state index in [4.69, 9.17) is 4.74 Å². The van der Waals surface area contributed by atoms with Gasteiger partial charge in [-0.25, -0.2) is 0 Å². The number of rotatable bonds is 5. The van der Waals surface area contributed by atoms with Crippen molar-refractivity contribution < 1.29 is 14.3 Å². The Balaban J connectivity index is 1.54. The molecule has 1 aromatic rings. The molecule has 1 N–H and O–H groups in total. The molecule has 148 valence electrons. The number of carbonyl (C=O) groups is 2. The van der Waals surface area contributed by atoms with E-state index in [0.29, 0.717) is 17.3 Å². The van der Waals surface area contributed by atoms with Crippen LogP contribution in [0.25, 0.3) is 0 Å². The smallest absolute Gasteiger partial charge is 0.241 e. The second-order valence-electron chi connectivity index (χ2n) is 7.71. The first-order chi connectivity index (χ1) is 13.0. The van der Waals surface area contributed by atoms with E-state index in [9.17, 15) is 9.59 Å². The number of anilines is 1. The number of ether oxygens (including phenoxy) is 1. The quantitative estimate of drug-likeness (QED) is 0.862. The van der Waals surface area contributed by atoms with Crippen LogP contribution >= 0.6 is 0 Å². The maximum absolute atomic E-state index is 12.7. The van der Waals surface area contributed by atoms with Gasteiger partial charge < -0.3 is 15.0 Å². The highest BCUT2D eigenvalue weighted by Crippen LogP contribution is 2.27. The Hall–Kier alpha value is -2.08. The number of likely N-dealkylation sites (tertiary alicyclic amines) is 2. The van der Waals surface area contributed by atoms with E-state index in [0.717, 1.165) is 57.4 Å². The first-order valence-corrected chi connectivity index (χ1v) is 9.98. The van der Waals surface area contributed by atoms with Gasteiger partial charge in [0.15, 0.2) is 0 Å². The summed E-state index contributed by atoms with van der Waals surface area (Å²) in [6.45, 7) is 7.31. The number of piperidine rings is 1. The zero-order valence-corrected chi connectivity index (χ0v) is 16.7. The highest BCUT2D eigenvalue weighted by Gasteiger charge is 2.32. The van der Waals surface area contributed by atoms with E-state index >= 15 is 0 Å². The van der Waals surface area contributed by atoms with Crippen molar-refractivity contribution in [1.29, 1.82) is 0 Å². The van der Waals surface area contributed by atoms with Gasteiger partial charge in [-0.15, -0.1) is 0 Å². The van der Waals surface area contributed by atoms with Gasteiger partial charge in [0.2, 0.25) is 11.8 Å². The van der Waals surface area contributed by atoms with Gasteiger partial charge in [-0.05, 0) is 70.3 Å². The van der Waals surface area contributed by atoms with Crippen LogP contribution in [0.3, 0.4) is 0 Å². The van der Waals surface area contributed by atoms with Crippen molar-refractivity contribution in [3.8, 4) is 5.75 Å². The highest BCUT2D eigenvalue weighted by atomic mass is 16.5. The van der Waals surface area contributed by atoms with Crippen molar-refractivity contribution >= 4 is 17.5 Å². The lowest BCUT2D eigenvalue weighted by Gasteiger charge is -2.36. The van der Waals surface area contributed by atoms with E-state index < -0.39 is 0 Å². The molecule has 2 aliphatic rings. The van der Waals surface area contributed by atoms with Gasteiger partial charge in [0, 0.05) is 19.0 Å². The van der Waals surface area contributed by atoms with Gasteiger partial charge in [-0.1, -0.05) is 6.07 Å². The summed E-state index contributed by atoms with van der Waals surface area (Å²) >= 11 is 0. The highest BCUT2D eigenvalue weighted by molar-refractivity contribution is 5.96. The fourth-order valence-corrected chi connectivity index (χ4v) is 4.05. The summed E-state index contributed by atoms with van der Waals surface area (Å²) in [7, 11) is 1.60. The lowest BCUT2D eigenvalue weighted by Crippen LogP contribution is -2.48. The molecule has 3 rings (SSSR count). The lowest BCUT2D eigenvalue weighted by molar-refractivity contribution is -0.136. The molecule has 6 nitrogen and oxygen atoms in total. The molecule has 0 aromatic heterocycles. The van der Waals surface area contributed by atoms with Crippen LogP contribution in [-0.4, -0.2) is 60.9 Å². The Kier molecular flexibility index (Phi) is 6.37. The molecule has 0 aliphatic carbocycles. The van der Waals surface area contributed by atoms with E-state index in [-0.39, 0.29) is 17.9 Å². The Bertz CT molecular complexity index is 677. The van der Waals surface area contributed by atoms with E-state index in [1.54, 1.807) is 7.11 Å². The molecule has 0 spiro atoms. The number of carbonyl (C=O) groups excluding carboxylic acids is 2. The minimum atomic E-state index is -0.238. The summed E-state index contributed by atoms with van der Waals surface area (Å²) in [5, 5.41) is 3.00. The average Bonchev–Trinajstić information content (AvgIpc) is 3.22. The standard InChI is InChI=1S/C21H31N3O3/c1-15-6-7-19(27-3)18(14-15)22-20(25)16(2)23-12-8-17(9-13-23)21(26)24-10-4-5-11-24/h6-7,14,16-17H,4-5,8-13H2,1-3H3,(H,22,25). The van der Waals surface area contributed by atoms with Crippen molar-refractivity contribution in [3.05, 3.63) is 23.8 Å². The predicted octanol–water partition coefficient (Wildman–Crippen LogP) is 2.67. The molecular weight excluding hydrogens is 342 g/mol. The van der Waals surface area contributed by atoms with Crippen molar-refractivity contribution in [3.63, 3.8) is 0 Å². The number of amides is 2. The third-order valence-electron chi connectivity index (χ3n) is 5.84. The van der Waals surface area contributed by atoms with Crippen LogP contribution in [0.5, 0.6) is 5.75 Å². The molecule has 2 fully saturated rings. The number of aryl methyl sites for hydroxylation is 1.